The number of nitrogens with zero attached hydrogens (tertiary/aromatic N) is 2. The number of anilines is 1. The second kappa shape index (κ2) is 5.05. The molecule has 0 bridgehead atoms. The van der Waals surface area contributed by atoms with Crippen molar-refractivity contribution in [3.8, 4) is 0 Å². The van der Waals surface area contributed by atoms with Gasteiger partial charge in [-0.25, -0.2) is 4.98 Å². The Kier molecular flexibility index (Phi) is 3.25. The van der Waals surface area contributed by atoms with Gasteiger partial charge in [-0.3, -0.25) is 0 Å². The molecule has 100 valence electrons. The van der Waals surface area contributed by atoms with Gasteiger partial charge in [-0.2, -0.15) is 0 Å². The summed E-state index contributed by atoms with van der Waals surface area (Å²) in [4.78, 5) is 6.86. The Bertz CT molecular complexity index is 515. The van der Waals surface area contributed by atoms with Gasteiger partial charge in [-0.1, -0.05) is 6.07 Å². The van der Waals surface area contributed by atoms with Gasteiger partial charge in [0.1, 0.15) is 11.6 Å². The lowest BCUT2D eigenvalue weighted by atomic mass is 10.1. The van der Waals surface area contributed by atoms with E-state index in [0.717, 1.165) is 23.7 Å². The Hall–Kier alpha value is -1.81. The summed E-state index contributed by atoms with van der Waals surface area (Å²) in [5, 5.41) is 0. The van der Waals surface area contributed by atoms with Crippen LogP contribution in [0.15, 0.2) is 41.1 Å². The summed E-state index contributed by atoms with van der Waals surface area (Å²) in [5.74, 6) is 1.98. The van der Waals surface area contributed by atoms with E-state index in [1.165, 1.54) is 12.8 Å². The lowest BCUT2D eigenvalue weighted by molar-refractivity contribution is 0.500. The highest BCUT2D eigenvalue weighted by Crippen LogP contribution is 2.32. The number of aromatic nitrogens is 1. The molecule has 2 aromatic rings. The van der Waals surface area contributed by atoms with E-state index in [4.69, 9.17) is 10.2 Å². The van der Waals surface area contributed by atoms with Gasteiger partial charge in [-0.15, -0.1) is 0 Å². The highest BCUT2D eigenvalue weighted by Gasteiger charge is 2.30. The molecule has 0 radical (unpaired) electrons. The minimum absolute atomic E-state index is 0.0287. The Morgan fingerprint density at radius 2 is 2.26 bits per heavy atom. The quantitative estimate of drug-likeness (QED) is 0.894. The van der Waals surface area contributed by atoms with Crippen molar-refractivity contribution < 1.29 is 4.42 Å². The average molecular weight is 257 g/mol. The fourth-order valence-electron chi connectivity index (χ4n) is 2.19. The lowest BCUT2D eigenvalue weighted by Crippen LogP contribution is -2.25. The van der Waals surface area contributed by atoms with E-state index in [9.17, 15) is 0 Å². The van der Waals surface area contributed by atoms with Crippen LogP contribution < -0.4 is 10.6 Å². The fraction of sp³-hybridized carbons (Fsp3) is 0.400. The van der Waals surface area contributed by atoms with Gasteiger partial charge in [0.2, 0.25) is 0 Å². The van der Waals surface area contributed by atoms with Crippen LogP contribution in [0.2, 0.25) is 0 Å². The molecule has 2 N–H and O–H groups in total. The van der Waals surface area contributed by atoms with Gasteiger partial charge in [0.15, 0.2) is 0 Å². The summed E-state index contributed by atoms with van der Waals surface area (Å²) in [5.41, 5.74) is 6.92. The van der Waals surface area contributed by atoms with Crippen LogP contribution >= 0.6 is 0 Å². The van der Waals surface area contributed by atoms with E-state index in [-0.39, 0.29) is 6.04 Å². The van der Waals surface area contributed by atoms with Gasteiger partial charge in [0, 0.05) is 18.3 Å². The number of rotatable bonds is 5. The predicted octanol–water partition coefficient (Wildman–Crippen LogP) is 2.86. The maximum absolute atomic E-state index is 5.85. The SMILES string of the molecule is CC(N)c1ccc(N(Cc2ccco2)C2CC2)nc1. The molecule has 0 aromatic carbocycles. The minimum Gasteiger partial charge on any atom is -0.467 e. The van der Waals surface area contributed by atoms with Crippen molar-refractivity contribution in [3.05, 3.63) is 48.0 Å². The van der Waals surface area contributed by atoms with Crippen LogP contribution in [-0.4, -0.2) is 11.0 Å². The van der Waals surface area contributed by atoms with Crippen molar-refractivity contribution in [2.24, 2.45) is 5.73 Å². The predicted molar refractivity (Wildman–Crippen MR) is 74.8 cm³/mol. The van der Waals surface area contributed by atoms with Crippen molar-refractivity contribution >= 4 is 5.82 Å². The van der Waals surface area contributed by atoms with Crippen LogP contribution in [0.4, 0.5) is 5.82 Å². The third-order valence-corrected chi connectivity index (χ3v) is 3.48. The van der Waals surface area contributed by atoms with Gasteiger partial charge < -0.3 is 15.1 Å². The molecule has 1 fully saturated rings. The Labute approximate surface area is 113 Å². The zero-order valence-electron chi connectivity index (χ0n) is 11.1. The molecule has 4 nitrogen and oxygen atoms in total. The zero-order chi connectivity index (χ0) is 13.2. The van der Waals surface area contributed by atoms with Crippen molar-refractivity contribution in [1.29, 1.82) is 0 Å². The number of hydrogen-bond acceptors (Lipinski definition) is 4. The maximum atomic E-state index is 5.85. The van der Waals surface area contributed by atoms with E-state index in [1.54, 1.807) is 6.26 Å². The van der Waals surface area contributed by atoms with Crippen molar-refractivity contribution in [1.82, 2.24) is 4.98 Å². The van der Waals surface area contributed by atoms with Crippen LogP contribution in [-0.2, 0) is 6.54 Å². The molecule has 2 heterocycles. The smallest absolute Gasteiger partial charge is 0.129 e. The molecule has 2 aromatic heterocycles. The molecule has 4 heteroatoms. The molecule has 0 amide bonds. The molecule has 3 rings (SSSR count). The number of hydrogen-bond donors (Lipinski definition) is 1. The van der Waals surface area contributed by atoms with E-state index in [0.29, 0.717) is 6.04 Å². The van der Waals surface area contributed by atoms with E-state index in [2.05, 4.69) is 22.0 Å². The van der Waals surface area contributed by atoms with Crippen LogP contribution in [0.5, 0.6) is 0 Å². The van der Waals surface area contributed by atoms with Gasteiger partial charge >= 0.3 is 0 Å². The van der Waals surface area contributed by atoms with Gasteiger partial charge in [0.05, 0.1) is 12.8 Å². The summed E-state index contributed by atoms with van der Waals surface area (Å²) in [6, 6.07) is 8.67. The first kappa shape index (κ1) is 12.2. The number of pyridine rings is 1. The van der Waals surface area contributed by atoms with Gasteiger partial charge in [-0.05, 0) is 43.5 Å². The summed E-state index contributed by atoms with van der Waals surface area (Å²) in [6.07, 6.45) is 6.05. The molecule has 0 saturated heterocycles. The van der Waals surface area contributed by atoms with Crippen LogP contribution in [0.1, 0.15) is 37.1 Å². The average Bonchev–Trinajstić information content (AvgIpc) is 3.13. The molecular formula is C15H19N3O. The lowest BCUT2D eigenvalue weighted by Gasteiger charge is -2.22. The molecular weight excluding hydrogens is 238 g/mol. The van der Waals surface area contributed by atoms with Crippen molar-refractivity contribution in [3.63, 3.8) is 0 Å². The molecule has 1 atom stereocenters. The first-order valence-corrected chi connectivity index (χ1v) is 6.74. The summed E-state index contributed by atoms with van der Waals surface area (Å²) in [7, 11) is 0. The molecule has 1 aliphatic carbocycles. The molecule has 1 saturated carbocycles. The topological polar surface area (TPSA) is 55.3 Å². The number of nitrogens with two attached hydrogens (primary N) is 1. The molecule has 19 heavy (non-hydrogen) atoms. The zero-order valence-corrected chi connectivity index (χ0v) is 11.1. The van der Waals surface area contributed by atoms with Crippen molar-refractivity contribution in [2.75, 3.05) is 4.90 Å². The number of furan rings is 1. The van der Waals surface area contributed by atoms with Crippen LogP contribution in [0, 0.1) is 0 Å². The first-order valence-electron chi connectivity index (χ1n) is 6.74. The van der Waals surface area contributed by atoms with E-state index < -0.39 is 0 Å². The highest BCUT2D eigenvalue weighted by molar-refractivity contribution is 5.43. The second-order valence-corrected chi connectivity index (χ2v) is 5.18. The summed E-state index contributed by atoms with van der Waals surface area (Å²) >= 11 is 0. The van der Waals surface area contributed by atoms with E-state index in [1.807, 2.05) is 25.3 Å². The third-order valence-electron chi connectivity index (χ3n) is 3.48. The molecule has 1 unspecified atom stereocenters. The second-order valence-electron chi connectivity index (χ2n) is 5.18. The molecule has 0 aliphatic heterocycles. The molecule has 1 aliphatic rings. The first-order chi connectivity index (χ1) is 9.24. The van der Waals surface area contributed by atoms with Crippen LogP contribution in [0.25, 0.3) is 0 Å². The van der Waals surface area contributed by atoms with Gasteiger partial charge in [0.25, 0.3) is 0 Å². The highest BCUT2D eigenvalue weighted by atomic mass is 16.3. The summed E-state index contributed by atoms with van der Waals surface area (Å²) < 4.78 is 5.44. The monoisotopic (exact) mass is 257 g/mol. The van der Waals surface area contributed by atoms with E-state index >= 15 is 0 Å². The Morgan fingerprint density at radius 1 is 1.42 bits per heavy atom. The maximum Gasteiger partial charge on any atom is 0.129 e. The Balaban J connectivity index is 1.79. The fourth-order valence-corrected chi connectivity index (χ4v) is 2.19. The molecule has 0 spiro atoms. The normalized spacial score (nSPS) is 16.3. The van der Waals surface area contributed by atoms with Crippen molar-refractivity contribution in [2.45, 2.75) is 38.4 Å². The third kappa shape index (κ3) is 2.79. The minimum atomic E-state index is 0.0287. The standard InChI is InChI=1S/C15H19N3O/c1-11(16)12-4-7-15(17-9-12)18(13-5-6-13)10-14-3-2-8-19-14/h2-4,7-9,11,13H,5-6,10,16H2,1H3. The Morgan fingerprint density at radius 3 is 2.79 bits per heavy atom. The summed E-state index contributed by atoms with van der Waals surface area (Å²) in [6.45, 7) is 2.75. The van der Waals surface area contributed by atoms with Crippen LogP contribution in [0.3, 0.4) is 0 Å². The largest absolute Gasteiger partial charge is 0.467 e.